The normalized spacial score (nSPS) is 10.1. The molecule has 0 bridgehead atoms. The van der Waals surface area contributed by atoms with Gasteiger partial charge in [0.2, 0.25) is 5.91 Å². The Kier molecular flexibility index (Phi) is 5.92. The maximum absolute atomic E-state index is 11.6. The second-order valence-corrected chi connectivity index (χ2v) is 4.29. The standard InChI is InChI=1S/C12H13ClN2O5/c13-7-10(16)3-4-14-12(18)6-8-5-9(15(19)20)1-2-11(8)17/h1-2,5,17H,3-4,6-7H2,(H,14,18). The summed E-state index contributed by atoms with van der Waals surface area (Å²) in [7, 11) is 0. The molecule has 0 heterocycles. The molecular weight excluding hydrogens is 288 g/mol. The summed E-state index contributed by atoms with van der Waals surface area (Å²) in [5, 5.41) is 22.6. The van der Waals surface area contributed by atoms with Crippen molar-refractivity contribution in [2.24, 2.45) is 0 Å². The van der Waals surface area contributed by atoms with Crippen molar-refractivity contribution in [3.63, 3.8) is 0 Å². The van der Waals surface area contributed by atoms with E-state index in [-0.39, 0.29) is 48.0 Å². The number of hydrogen-bond acceptors (Lipinski definition) is 5. The molecule has 0 saturated heterocycles. The second kappa shape index (κ2) is 7.44. The van der Waals surface area contributed by atoms with E-state index in [1.54, 1.807) is 0 Å². The minimum atomic E-state index is -0.611. The summed E-state index contributed by atoms with van der Waals surface area (Å²) >= 11 is 5.31. The van der Waals surface area contributed by atoms with E-state index in [1.807, 2.05) is 0 Å². The number of hydrogen-bond donors (Lipinski definition) is 2. The number of ketones is 1. The van der Waals surface area contributed by atoms with Gasteiger partial charge in [-0.1, -0.05) is 0 Å². The van der Waals surface area contributed by atoms with Crippen molar-refractivity contribution in [3.8, 4) is 5.75 Å². The van der Waals surface area contributed by atoms with Gasteiger partial charge in [-0.15, -0.1) is 11.6 Å². The number of rotatable bonds is 7. The van der Waals surface area contributed by atoms with E-state index in [0.29, 0.717) is 0 Å². The number of aromatic hydroxyl groups is 1. The summed E-state index contributed by atoms with van der Waals surface area (Å²) in [5.74, 6) is -0.933. The summed E-state index contributed by atoms with van der Waals surface area (Å²) in [6, 6.07) is 3.45. The molecule has 20 heavy (non-hydrogen) atoms. The van der Waals surface area contributed by atoms with Crippen LogP contribution in [0.4, 0.5) is 5.69 Å². The summed E-state index contributed by atoms with van der Waals surface area (Å²) < 4.78 is 0. The van der Waals surface area contributed by atoms with Gasteiger partial charge >= 0.3 is 0 Å². The number of carbonyl (C=O) groups excluding carboxylic acids is 2. The van der Waals surface area contributed by atoms with Gasteiger partial charge < -0.3 is 10.4 Å². The first kappa shape index (κ1) is 15.9. The Balaban J connectivity index is 2.59. The number of phenolic OH excluding ortho intramolecular Hbond substituents is 1. The Labute approximate surface area is 119 Å². The smallest absolute Gasteiger partial charge is 0.269 e. The number of nitro benzene ring substituents is 1. The average Bonchev–Trinajstić information content (AvgIpc) is 2.40. The lowest BCUT2D eigenvalue weighted by Gasteiger charge is -2.06. The molecule has 1 rings (SSSR count). The van der Waals surface area contributed by atoms with Crippen molar-refractivity contribution < 1.29 is 19.6 Å². The third kappa shape index (κ3) is 4.85. The SMILES string of the molecule is O=C(CCl)CCNC(=O)Cc1cc([N+](=O)[O-])ccc1O. The van der Waals surface area contributed by atoms with Gasteiger partial charge in [0.15, 0.2) is 0 Å². The van der Waals surface area contributed by atoms with Gasteiger partial charge in [-0.25, -0.2) is 0 Å². The molecule has 1 aromatic carbocycles. The minimum absolute atomic E-state index is 0.110. The molecule has 1 aromatic rings. The van der Waals surface area contributed by atoms with Gasteiger partial charge in [0.05, 0.1) is 17.2 Å². The Bertz CT molecular complexity index is 533. The first-order valence-electron chi connectivity index (χ1n) is 5.74. The molecule has 2 N–H and O–H groups in total. The van der Waals surface area contributed by atoms with E-state index in [1.165, 1.54) is 0 Å². The molecule has 1 amide bonds. The number of nitrogens with one attached hydrogen (secondary N) is 1. The van der Waals surface area contributed by atoms with Crippen molar-refractivity contribution in [1.82, 2.24) is 5.32 Å². The fourth-order valence-electron chi connectivity index (χ4n) is 1.47. The highest BCUT2D eigenvalue weighted by atomic mass is 35.5. The number of phenols is 1. The van der Waals surface area contributed by atoms with Crippen LogP contribution in [-0.4, -0.2) is 34.1 Å². The zero-order chi connectivity index (χ0) is 15.1. The third-order valence-electron chi connectivity index (χ3n) is 2.50. The average molecular weight is 301 g/mol. The van der Waals surface area contributed by atoms with Crippen LogP contribution in [0.25, 0.3) is 0 Å². The highest BCUT2D eigenvalue weighted by Crippen LogP contribution is 2.23. The number of benzene rings is 1. The van der Waals surface area contributed by atoms with Crippen LogP contribution in [-0.2, 0) is 16.0 Å². The van der Waals surface area contributed by atoms with Gasteiger partial charge in [-0.2, -0.15) is 0 Å². The minimum Gasteiger partial charge on any atom is -0.508 e. The Morgan fingerprint density at radius 2 is 2.10 bits per heavy atom. The summed E-state index contributed by atoms with van der Waals surface area (Å²) in [6.45, 7) is 0.139. The number of alkyl halides is 1. The van der Waals surface area contributed by atoms with Gasteiger partial charge in [0.1, 0.15) is 11.5 Å². The maximum atomic E-state index is 11.6. The molecule has 108 valence electrons. The molecule has 0 aliphatic carbocycles. The lowest BCUT2D eigenvalue weighted by molar-refractivity contribution is -0.384. The van der Waals surface area contributed by atoms with Crippen LogP contribution in [0.3, 0.4) is 0 Å². The van der Waals surface area contributed by atoms with E-state index in [0.717, 1.165) is 18.2 Å². The van der Waals surface area contributed by atoms with E-state index < -0.39 is 10.8 Å². The topological polar surface area (TPSA) is 110 Å². The number of Topliss-reactive ketones (excluding diaryl/α,β-unsaturated/α-hetero) is 1. The van der Waals surface area contributed by atoms with Crippen molar-refractivity contribution in [1.29, 1.82) is 0 Å². The zero-order valence-electron chi connectivity index (χ0n) is 10.5. The van der Waals surface area contributed by atoms with Gasteiger partial charge in [-0.3, -0.25) is 19.7 Å². The number of nitro groups is 1. The molecule has 0 fully saturated rings. The van der Waals surface area contributed by atoms with Crippen molar-refractivity contribution in [2.45, 2.75) is 12.8 Å². The molecule has 0 aliphatic heterocycles. The number of carbonyl (C=O) groups is 2. The number of non-ortho nitro benzene ring substituents is 1. The maximum Gasteiger partial charge on any atom is 0.269 e. The third-order valence-corrected chi connectivity index (χ3v) is 2.80. The van der Waals surface area contributed by atoms with Crippen LogP contribution in [0.5, 0.6) is 5.75 Å². The molecule has 0 spiro atoms. The Morgan fingerprint density at radius 1 is 1.40 bits per heavy atom. The molecule has 0 unspecified atom stereocenters. The molecule has 0 aromatic heterocycles. The number of amides is 1. The van der Waals surface area contributed by atoms with E-state index in [9.17, 15) is 24.8 Å². The van der Waals surface area contributed by atoms with Crippen LogP contribution in [0, 0.1) is 10.1 Å². The van der Waals surface area contributed by atoms with Gasteiger partial charge in [0, 0.05) is 30.7 Å². The predicted molar refractivity (Wildman–Crippen MR) is 71.8 cm³/mol. The molecule has 8 heteroatoms. The van der Waals surface area contributed by atoms with Crippen LogP contribution in [0.1, 0.15) is 12.0 Å². The second-order valence-electron chi connectivity index (χ2n) is 4.02. The lowest BCUT2D eigenvalue weighted by Crippen LogP contribution is -2.27. The summed E-state index contributed by atoms with van der Waals surface area (Å²) in [6.07, 6.45) is -0.0846. The van der Waals surface area contributed by atoms with Crippen LogP contribution >= 0.6 is 11.6 Å². The summed E-state index contributed by atoms with van der Waals surface area (Å²) in [5.41, 5.74) is -0.0525. The predicted octanol–water partition coefficient (Wildman–Crippen LogP) is 1.16. The van der Waals surface area contributed by atoms with Gasteiger partial charge in [0.25, 0.3) is 5.69 Å². The highest BCUT2D eigenvalue weighted by Gasteiger charge is 2.13. The number of nitrogens with zero attached hydrogens (tertiary/aromatic N) is 1. The molecule has 0 saturated carbocycles. The van der Waals surface area contributed by atoms with E-state index >= 15 is 0 Å². The first-order valence-corrected chi connectivity index (χ1v) is 6.28. The largest absolute Gasteiger partial charge is 0.508 e. The number of halogens is 1. The van der Waals surface area contributed by atoms with E-state index in [2.05, 4.69) is 5.32 Å². The van der Waals surface area contributed by atoms with Crippen molar-refractivity contribution in [3.05, 3.63) is 33.9 Å². The van der Waals surface area contributed by atoms with E-state index in [4.69, 9.17) is 11.6 Å². The Hall–Kier alpha value is -2.15. The Morgan fingerprint density at radius 3 is 2.70 bits per heavy atom. The molecule has 0 radical (unpaired) electrons. The first-order chi connectivity index (χ1) is 9.43. The van der Waals surface area contributed by atoms with Crippen molar-refractivity contribution >= 4 is 29.0 Å². The van der Waals surface area contributed by atoms with Crippen LogP contribution in [0.2, 0.25) is 0 Å². The molecule has 0 atom stereocenters. The highest BCUT2D eigenvalue weighted by molar-refractivity contribution is 6.27. The zero-order valence-corrected chi connectivity index (χ0v) is 11.2. The quantitative estimate of drug-likeness (QED) is 0.446. The molecule has 7 nitrogen and oxygen atoms in total. The lowest BCUT2D eigenvalue weighted by atomic mass is 10.1. The van der Waals surface area contributed by atoms with Gasteiger partial charge in [-0.05, 0) is 6.07 Å². The van der Waals surface area contributed by atoms with Crippen LogP contribution < -0.4 is 5.32 Å². The monoisotopic (exact) mass is 300 g/mol. The fourth-order valence-corrected chi connectivity index (χ4v) is 1.60. The van der Waals surface area contributed by atoms with Crippen LogP contribution in [0.15, 0.2) is 18.2 Å². The fraction of sp³-hybridized carbons (Fsp3) is 0.333. The molecule has 0 aliphatic rings. The summed E-state index contributed by atoms with van der Waals surface area (Å²) in [4.78, 5) is 32.5. The van der Waals surface area contributed by atoms with Crippen molar-refractivity contribution in [2.75, 3.05) is 12.4 Å². The molecular formula is C12H13ClN2O5.